The SMILES string of the molecule is CCCCCCOc1ccc(-c2cnc(-c3ccc(C(=O)O)cc3)s2)cc1. The van der Waals surface area contributed by atoms with Crippen LogP contribution in [0.3, 0.4) is 0 Å². The van der Waals surface area contributed by atoms with Crippen LogP contribution in [0.5, 0.6) is 5.75 Å². The topological polar surface area (TPSA) is 59.4 Å². The molecule has 1 N–H and O–H groups in total. The van der Waals surface area contributed by atoms with Crippen LogP contribution in [0.15, 0.2) is 54.7 Å². The molecule has 4 nitrogen and oxygen atoms in total. The number of nitrogens with zero attached hydrogens (tertiary/aromatic N) is 1. The van der Waals surface area contributed by atoms with Crippen molar-refractivity contribution < 1.29 is 14.6 Å². The molecular formula is C22H23NO3S. The van der Waals surface area contributed by atoms with Crippen molar-refractivity contribution in [3.63, 3.8) is 0 Å². The molecule has 1 aromatic heterocycles. The third kappa shape index (κ3) is 5.17. The molecule has 5 heteroatoms. The number of unbranched alkanes of at least 4 members (excludes halogenated alkanes) is 3. The van der Waals surface area contributed by atoms with E-state index in [4.69, 9.17) is 9.84 Å². The van der Waals surface area contributed by atoms with Gasteiger partial charge in [0, 0.05) is 11.8 Å². The lowest BCUT2D eigenvalue weighted by Crippen LogP contribution is -1.96. The second-order valence-electron chi connectivity index (χ2n) is 6.35. The van der Waals surface area contributed by atoms with Crippen LogP contribution in [0.25, 0.3) is 21.0 Å². The summed E-state index contributed by atoms with van der Waals surface area (Å²) in [6.45, 7) is 2.96. The molecule has 0 atom stereocenters. The molecule has 0 radical (unpaired) electrons. The summed E-state index contributed by atoms with van der Waals surface area (Å²) in [6.07, 6.45) is 6.65. The first-order chi connectivity index (χ1) is 13.2. The lowest BCUT2D eigenvalue weighted by Gasteiger charge is -2.06. The van der Waals surface area contributed by atoms with Crippen LogP contribution in [0.1, 0.15) is 43.0 Å². The third-order valence-corrected chi connectivity index (χ3v) is 5.39. The zero-order chi connectivity index (χ0) is 19.1. The molecular weight excluding hydrogens is 358 g/mol. The summed E-state index contributed by atoms with van der Waals surface area (Å²) < 4.78 is 5.79. The minimum Gasteiger partial charge on any atom is -0.494 e. The van der Waals surface area contributed by atoms with E-state index in [0.29, 0.717) is 0 Å². The fourth-order valence-corrected chi connectivity index (χ4v) is 3.66. The van der Waals surface area contributed by atoms with E-state index in [9.17, 15) is 4.79 Å². The van der Waals surface area contributed by atoms with Gasteiger partial charge in [-0.05, 0) is 48.4 Å². The Labute approximate surface area is 163 Å². The Balaban J connectivity index is 1.63. The molecule has 1 heterocycles. The van der Waals surface area contributed by atoms with Crippen molar-refractivity contribution in [1.29, 1.82) is 0 Å². The molecule has 0 saturated carbocycles. The average Bonchev–Trinajstić information content (AvgIpc) is 3.18. The van der Waals surface area contributed by atoms with Gasteiger partial charge in [-0.25, -0.2) is 9.78 Å². The van der Waals surface area contributed by atoms with Gasteiger partial charge in [-0.1, -0.05) is 38.3 Å². The number of thiazole rings is 1. The van der Waals surface area contributed by atoms with E-state index in [1.54, 1.807) is 35.6 Å². The van der Waals surface area contributed by atoms with Gasteiger partial charge in [-0.2, -0.15) is 0 Å². The molecule has 0 aliphatic heterocycles. The van der Waals surface area contributed by atoms with Crippen LogP contribution in [0.4, 0.5) is 0 Å². The van der Waals surface area contributed by atoms with Gasteiger partial charge < -0.3 is 9.84 Å². The van der Waals surface area contributed by atoms with Gasteiger partial charge >= 0.3 is 5.97 Å². The summed E-state index contributed by atoms with van der Waals surface area (Å²) in [5, 5.41) is 9.86. The number of rotatable bonds is 9. The summed E-state index contributed by atoms with van der Waals surface area (Å²) in [5.41, 5.74) is 2.29. The van der Waals surface area contributed by atoms with Crippen molar-refractivity contribution in [3.8, 4) is 26.8 Å². The number of carbonyl (C=O) groups is 1. The molecule has 0 bridgehead atoms. The Bertz CT molecular complexity index is 869. The molecule has 0 spiro atoms. The first kappa shape index (κ1) is 19.1. The van der Waals surface area contributed by atoms with Crippen molar-refractivity contribution in [2.24, 2.45) is 0 Å². The number of carboxylic acids is 1. The van der Waals surface area contributed by atoms with Gasteiger partial charge in [0.25, 0.3) is 0 Å². The van der Waals surface area contributed by atoms with Crippen molar-refractivity contribution >= 4 is 17.3 Å². The highest BCUT2D eigenvalue weighted by atomic mass is 32.1. The quantitative estimate of drug-likeness (QED) is 0.453. The first-order valence-electron chi connectivity index (χ1n) is 9.20. The van der Waals surface area contributed by atoms with Gasteiger partial charge in [0.05, 0.1) is 17.0 Å². The van der Waals surface area contributed by atoms with Crippen LogP contribution in [0.2, 0.25) is 0 Å². The number of ether oxygens (including phenoxy) is 1. The Morgan fingerprint density at radius 1 is 1.00 bits per heavy atom. The number of carboxylic acid groups (broad SMARTS) is 1. The number of aromatic nitrogens is 1. The third-order valence-electron chi connectivity index (χ3n) is 4.29. The van der Waals surface area contributed by atoms with Gasteiger partial charge in [-0.15, -0.1) is 11.3 Å². The van der Waals surface area contributed by atoms with Gasteiger partial charge in [0.2, 0.25) is 0 Å². The van der Waals surface area contributed by atoms with Gasteiger partial charge in [-0.3, -0.25) is 0 Å². The Kier molecular flexibility index (Phi) is 6.60. The number of aromatic carboxylic acids is 1. The standard InChI is InChI=1S/C22H23NO3S/c1-2-3-4-5-14-26-19-12-10-16(11-13-19)20-15-23-21(27-20)17-6-8-18(9-7-17)22(24)25/h6-13,15H,2-5,14H2,1H3,(H,24,25). The largest absolute Gasteiger partial charge is 0.494 e. The van der Waals surface area contributed by atoms with E-state index in [2.05, 4.69) is 11.9 Å². The molecule has 0 aliphatic carbocycles. The summed E-state index contributed by atoms with van der Waals surface area (Å²) in [7, 11) is 0. The smallest absolute Gasteiger partial charge is 0.335 e. The van der Waals surface area contributed by atoms with Crippen molar-refractivity contribution in [3.05, 3.63) is 60.3 Å². The average molecular weight is 381 g/mol. The van der Waals surface area contributed by atoms with Crippen LogP contribution < -0.4 is 4.74 Å². The lowest BCUT2D eigenvalue weighted by atomic mass is 10.1. The molecule has 140 valence electrons. The first-order valence-corrected chi connectivity index (χ1v) is 10.0. The van der Waals surface area contributed by atoms with E-state index in [-0.39, 0.29) is 5.56 Å². The molecule has 27 heavy (non-hydrogen) atoms. The monoisotopic (exact) mass is 381 g/mol. The molecule has 0 aliphatic rings. The Morgan fingerprint density at radius 2 is 1.70 bits per heavy atom. The van der Waals surface area contributed by atoms with Gasteiger partial charge in [0.1, 0.15) is 10.8 Å². The van der Waals surface area contributed by atoms with Crippen LogP contribution in [0, 0.1) is 0 Å². The summed E-state index contributed by atoms with van der Waals surface area (Å²) in [5.74, 6) is -0.0294. The summed E-state index contributed by atoms with van der Waals surface area (Å²) in [4.78, 5) is 16.5. The number of hydrogen-bond donors (Lipinski definition) is 1. The molecule has 2 aromatic carbocycles. The maximum absolute atomic E-state index is 11.0. The minimum atomic E-state index is -0.922. The van der Waals surface area contributed by atoms with Crippen molar-refractivity contribution in [1.82, 2.24) is 4.98 Å². The molecule has 3 aromatic rings. The fourth-order valence-electron chi connectivity index (χ4n) is 2.73. The normalized spacial score (nSPS) is 10.7. The predicted octanol–water partition coefficient (Wildman–Crippen LogP) is 6.13. The molecule has 0 amide bonds. The summed E-state index contributed by atoms with van der Waals surface area (Å²) >= 11 is 1.59. The van der Waals surface area contributed by atoms with E-state index >= 15 is 0 Å². The molecule has 3 rings (SSSR count). The lowest BCUT2D eigenvalue weighted by molar-refractivity contribution is 0.0697. The predicted molar refractivity (Wildman–Crippen MR) is 110 cm³/mol. The number of benzene rings is 2. The van der Waals surface area contributed by atoms with E-state index in [1.807, 2.05) is 30.5 Å². The van der Waals surface area contributed by atoms with E-state index in [0.717, 1.165) is 39.8 Å². The second kappa shape index (κ2) is 9.33. The molecule has 0 saturated heterocycles. The zero-order valence-electron chi connectivity index (χ0n) is 15.4. The van der Waals surface area contributed by atoms with Gasteiger partial charge in [0.15, 0.2) is 0 Å². The highest BCUT2D eigenvalue weighted by molar-refractivity contribution is 7.18. The zero-order valence-corrected chi connectivity index (χ0v) is 16.2. The van der Waals surface area contributed by atoms with E-state index < -0.39 is 5.97 Å². The Hall–Kier alpha value is -2.66. The highest BCUT2D eigenvalue weighted by Gasteiger charge is 2.08. The van der Waals surface area contributed by atoms with Crippen molar-refractivity contribution in [2.45, 2.75) is 32.6 Å². The van der Waals surface area contributed by atoms with E-state index in [1.165, 1.54) is 19.3 Å². The fraction of sp³-hybridized carbons (Fsp3) is 0.273. The second-order valence-corrected chi connectivity index (χ2v) is 7.38. The highest BCUT2D eigenvalue weighted by Crippen LogP contribution is 2.33. The summed E-state index contributed by atoms with van der Waals surface area (Å²) in [6, 6.07) is 14.9. The maximum atomic E-state index is 11.0. The number of hydrogen-bond acceptors (Lipinski definition) is 4. The minimum absolute atomic E-state index is 0.279. The van der Waals surface area contributed by atoms with Crippen LogP contribution >= 0.6 is 11.3 Å². The molecule has 0 fully saturated rings. The maximum Gasteiger partial charge on any atom is 0.335 e. The van der Waals surface area contributed by atoms with Crippen LogP contribution in [-0.2, 0) is 0 Å². The van der Waals surface area contributed by atoms with Crippen LogP contribution in [-0.4, -0.2) is 22.7 Å². The molecule has 0 unspecified atom stereocenters. The van der Waals surface area contributed by atoms with Crippen molar-refractivity contribution in [2.75, 3.05) is 6.61 Å². The Morgan fingerprint density at radius 3 is 2.37 bits per heavy atom.